The molecule has 23 heavy (non-hydrogen) atoms. The highest BCUT2D eigenvalue weighted by Gasteiger charge is 2.00. The van der Waals surface area contributed by atoms with Gasteiger partial charge in [0, 0.05) is 31.7 Å². The summed E-state index contributed by atoms with van der Waals surface area (Å²) >= 11 is 0. The third-order valence-corrected chi connectivity index (χ3v) is 3.39. The third kappa shape index (κ3) is 4.78. The van der Waals surface area contributed by atoms with Gasteiger partial charge in [0.15, 0.2) is 0 Å². The van der Waals surface area contributed by atoms with Crippen molar-refractivity contribution in [2.24, 2.45) is 0 Å². The highest BCUT2D eigenvalue weighted by Crippen LogP contribution is 2.08. The van der Waals surface area contributed by atoms with Crippen LogP contribution in [-0.2, 0) is 13.0 Å². The standard InChI is InChI=1S/C18H19N5/c1-2-5-15(6-3-1)8-11-20-17-9-12-21-18(23-17)22-14-16-7-4-10-19-13-16/h1-7,9-10,12-13H,8,11,14H2,(H2,20,21,22,23). The molecule has 0 saturated heterocycles. The van der Waals surface area contributed by atoms with Crippen LogP contribution in [0.15, 0.2) is 67.1 Å². The van der Waals surface area contributed by atoms with Crippen LogP contribution < -0.4 is 10.6 Å². The molecule has 3 rings (SSSR count). The molecule has 5 heteroatoms. The number of pyridine rings is 1. The Hall–Kier alpha value is -2.95. The average molecular weight is 305 g/mol. The lowest BCUT2D eigenvalue weighted by Gasteiger charge is -2.08. The highest BCUT2D eigenvalue weighted by molar-refractivity contribution is 5.40. The minimum Gasteiger partial charge on any atom is -0.370 e. The molecule has 0 atom stereocenters. The Balaban J connectivity index is 1.51. The van der Waals surface area contributed by atoms with Gasteiger partial charge >= 0.3 is 0 Å². The number of hydrogen-bond donors (Lipinski definition) is 2. The molecule has 0 fully saturated rings. The van der Waals surface area contributed by atoms with E-state index >= 15 is 0 Å². The summed E-state index contributed by atoms with van der Waals surface area (Å²) < 4.78 is 0. The fraction of sp³-hybridized carbons (Fsp3) is 0.167. The molecule has 116 valence electrons. The molecule has 0 saturated carbocycles. The van der Waals surface area contributed by atoms with Crippen LogP contribution in [0.4, 0.5) is 11.8 Å². The van der Waals surface area contributed by atoms with E-state index in [1.807, 2.05) is 30.5 Å². The van der Waals surface area contributed by atoms with Crippen LogP contribution in [0.25, 0.3) is 0 Å². The van der Waals surface area contributed by atoms with Gasteiger partial charge in [0.25, 0.3) is 0 Å². The molecule has 0 aliphatic rings. The molecular formula is C18H19N5. The molecule has 2 N–H and O–H groups in total. The van der Waals surface area contributed by atoms with E-state index in [1.54, 1.807) is 12.4 Å². The second kappa shape index (κ2) is 7.89. The summed E-state index contributed by atoms with van der Waals surface area (Å²) in [5.74, 6) is 1.43. The summed E-state index contributed by atoms with van der Waals surface area (Å²) in [5, 5.41) is 6.54. The Morgan fingerprint density at radius 1 is 0.826 bits per heavy atom. The van der Waals surface area contributed by atoms with E-state index in [4.69, 9.17) is 0 Å². The third-order valence-electron chi connectivity index (χ3n) is 3.39. The quantitative estimate of drug-likeness (QED) is 0.702. The molecule has 0 spiro atoms. The Bertz CT molecular complexity index is 716. The second-order valence-corrected chi connectivity index (χ2v) is 5.14. The average Bonchev–Trinajstić information content (AvgIpc) is 2.62. The lowest BCUT2D eigenvalue weighted by atomic mass is 10.1. The second-order valence-electron chi connectivity index (χ2n) is 5.14. The smallest absolute Gasteiger partial charge is 0.224 e. The van der Waals surface area contributed by atoms with E-state index in [1.165, 1.54) is 5.56 Å². The maximum atomic E-state index is 4.47. The van der Waals surface area contributed by atoms with Crippen molar-refractivity contribution in [3.63, 3.8) is 0 Å². The minimum atomic E-state index is 0.610. The first-order valence-corrected chi connectivity index (χ1v) is 7.64. The van der Waals surface area contributed by atoms with Crippen molar-refractivity contribution in [1.29, 1.82) is 0 Å². The number of hydrogen-bond acceptors (Lipinski definition) is 5. The summed E-state index contributed by atoms with van der Waals surface area (Å²) in [6.07, 6.45) is 6.30. The van der Waals surface area contributed by atoms with E-state index < -0.39 is 0 Å². The molecule has 2 heterocycles. The predicted molar refractivity (Wildman–Crippen MR) is 92.2 cm³/mol. The van der Waals surface area contributed by atoms with Gasteiger partial charge in [-0.1, -0.05) is 36.4 Å². The van der Waals surface area contributed by atoms with Gasteiger partial charge in [0.2, 0.25) is 5.95 Å². The van der Waals surface area contributed by atoms with Gasteiger partial charge < -0.3 is 10.6 Å². The fourth-order valence-corrected chi connectivity index (χ4v) is 2.21. The minimum absolute atomic E-state index is 0.610. The molecule has 0 bridgehead atoms. The fourth-order valence-electron chi connectivity index (χ4n) is 2.21. The zero-order chi connectivity index (χ0) is 15.7. The van der Waals surface area contributed by atoms with Crippen LogP contribution >= 0.6 is 0 Å². The summed E-state index contributed by atoms with van der Waals surface area (Å²) in [7, 11) is 0. The van der Waals surface area contributed by atoms with Crippen molar-refractivity contribution < 1.29 is 0 Å². The molecule has 5 nitrogen and oxygen atoms in total. The highest BCUT2D eigenvalue weighted by atomic mass is 15.1. The molecule has 0 amide bonds. The predicted octanol–water partition coefficient (Wildman–Crippen LogP) is 3.14. The van der Waals surface area contributed by atoms with E-state index in [2.05, 4.69) is 49.9 Å². The Labute approximate surface area is 135 Å². The number of anilines is 2. The van der Waals surface area contributed by atoms with Gasteiger partial charge in [-0.05, 0) is 29.7 Å². The normalized spacial score (nSPS) is 10.3. The summed E-state index contributed by atoms with van der Waals surface area (Å²) in [6.45, 7) is 1.49. The number of benzene rings is 1. The number of nitrogens with zero attached hydrogens (tertiary/aromatic N) is 3. The number of aromatic nitrogens is 3. The van der Waals surface area contributed by atoms with Crippen molar-refractivity contribution in [2.75, 3.05) is 17.2 Å². The molecule has 0 aliphatic carbocycles. The van der Waals surface area contributed by atoms with E-state index in [0.717, 1.165) is 24.3 Å². The van der Waals surface area contributed by atoms with Crippen molar-refractivity contribution in [1.82, 2.24) is 15.0 Å². The van der Waals surface area contributed by atoms with Crippen LogP contribution in [0.2, 0.25) is 0 Å². The largest absolute Gasteiger partial charge is 0.370 e. The van der Waals surface area contributed by atoms with E-state index in [9.17, 15) is 0 Å². The van der Waals surface area contributed by atoms with Gasteiger partial charge in [-0.2, -0.15) is 4.98 Å². The molecule has 2 aromatic heterocycles. The Kier molecular flexibility index (Phi) is 5.13. The maximum Gasteiger partial charge on any atom is 0.224 e. The van der Waals surface area contributed by atoms with E-state index in [0.29, 0.717) is 12.5 Å². The molecule has 0 aliphatic heterocycles. The van der Waals surface area contributed by atoms with Crippen LogP contribution in [0.1, 0.15) is 11.1 Å². The lowest BCUT2D eigenvalue weighted by Crippen LogP contribution is -2.09. The van der Waals surface area contributed by atoms with E-state index in [-0.39, 0.29) is 0 Å². The molecule has 3 aromatic rings. The van der Waals surface area contributed by atoms with Crippen LogP contribution in [-0.4, -0.2) is 21.5 Å². The van der Waals surface area contributed by atoms with Crippen molar-refractivity contribution in [3.8, 4) is 0 Å². The lowest BCUT2D eigenvalue weighted by molar-refractivity contribution is 0.990. The molecule has 0 unspecified atom stereocenters. The molecule has 0 radical (unpaired) electrons. The Morgan fingerprint density at radius 2 is 1.70 bits per heavy atom. The SMILES string of the molecule is c1ccc(CCNc2ccnc(NCc3cccnc3)n2)cc1. The van der Waals surface area contributed by atoms with Gasteiger partial charge in [0.05, 0.1) is 0 Å². The topological polar surface area (TPSA) is 62.7 Å². The first-order chi connectivity index (χ1) is 11.4. The first-order valence-electron chi connectivity index (χ1n) is 7.64. The van der Waals surface area contributed by atoms with Crippen LogP contribution in [0.3, 0.4) is 0 Å². The molecule has 1 aromatic carbocycles. The number of rotatable bonds is 7. The Morgan fingerprint density at radius 3 is 2.52 bits per heavy atom. The number of nitrogens with one attached hydrogen (secondary N) is 2. The van der Waals surface area contributed by atoms with Crippen molar-refractivity contribution in [2.45, 2.75) is 13.0 Å². The van der Waals surface area contributed by atoms with Crippen molar-refractivity contribution in [3.05, 3.63) is 78.2 Å². The van der Waals surface area contributed by atoms with Gasteiger partial charge in [-0.25, -0.2) is 4.98 Å². The molecular weight excluding hydrogens is 286 g/mol. The zero-order valence-electron chi connectivity index (χ0n) is 12.8. The van der Waals surface area contributed by atoms with Gasteiger partial charge in [0.1, 0.15) is 5.82 Å². The van der Waals surface area contributed by atoms with Crippen LogP contribution in [0.5, 0.6) is 0 Å². The van der Waals surface area contributed by atoms with Gasteiger partial charge in [-0.15, -0.1) is 0 Å². The van der Waals surface area contributed by atoms with Crippen molar-refractivity contribution >= 4 is 11.8 Å². The first kappa shape index (κ1) is 15.0. The maximum absolute atomic E-state index is 4.47. The summed E-state index contributed by atoms with van der Waals surface area (Å²) in [4.78, 5) is 12.8. The summed E-state index contributed by atoms with van der Waals surface area (Å²) in [6, 6.07) is 16.2. The summed E-state index contributed by atoms with van der Waals surface area (Å²) in [5.41, 5.74) is 2.41. The van der Waals surface area contributed by atoms with Gasteiger partial charge in [-0.3, -0.25) is 4.98 Å². The monoisotopic (exact) mass is 305 g/mol. The zero-order valence-corrected chi connectivity index (χ0v) is 12.8. The van der Waals surface area contributed by atoms with Crippen LogP contribution in [0, 0.1) is 0 Å².